The Hall–Kier alpha value is -1.06. The summed E-state index contributed by atoms with van der Waals surface area (Å²) in [6.45, 7) is 14.9. The lowest BCUT2D eigenvalue weighted by molar-refractivity contribution is -0.0686. The summed E-state index contributed by atoms with van der Waals surface area (Å²) in [6.07, 6.45) is 1.74. The third kappa shape index (κ3) is 5.29. The van der Waals surface area contributed by atoms with Gasteiger partial charge in [0.2, 0.25) is 0 Å². The Labute approximate surface area is 135 Å². The van der Waals surface area contributed by atoms with E-state index in [1.54, 1.807) is 0 Å². The van der Waals surface area contributed by atoms with Crippen LogP contribution in [0.3, 0.4) is 0 Å². The Morgan fingerprint density at radius 3 is 2.23 bits per heavy atom. The third-order valence-corrected chi connectivity index (χ3v) is 4.10. The topological polar surface area (TPSA) is 21.7 Å². The highest BCUT2D eigenvalue weighted by atomic mass is 16.5. The molecule has 2 atom stereocenters. The number of benzene rings is 1. The molecule has 1 aliphatic heterocycles. The Bertz CT molecular complexity index is 439. The van der Waals surface area contributed by atoms with Crippen molar-refractivity contribution >= 4 is 0 Å². The fourth-order valence-corrected chi connectivity index (χ4v) is 3.00. The van der Waals surface area contributed by atoms with Crippen molar-refractivity contribution in [3.05, 3.63) is 29.8 Å². The first-order chi connectivity index (χ1) is 10.3. The van der Waals surface area contributed by atoms with Gasteiger partial charge in [-0.15, -0.1) is 0 Å². The minimum Gasteiger partial charge on any atom is -0.494 e. The molecular weight excluding hydrogens is 274 g/mol. The van der Waals surface area contributed by atoms with Gasteiger partial charge in [-0.25, -0.2) is 0 Å². The fourth-order valence-electron chi connectivity index (χ4n) is 3.00. The van der Waals surface area contributed by atoms with Crippen molar-refractivity contribution in [1.29, 1.82) is 0 Å². The van der Waals surface area contributed by atoms with Crippen molar-refractivity contribution in [2.75, 3.05) is 26.2 Å². The zero-order chi connectivity index (χ0) is 16.2. The second kappa shape index (κ2) is 7.47. The Kier molecular flexibility index (Phi) is 5.87. The predicted octanol–water partition coefficient (Wildman–Crippen LogP) is 3.86. The first kappa shape index (κ1) is 17.3. The smallest absolute Gasteiger partial charge is 0.119 e. The van der Waals surface area contributed by atoms with Crippen molar-refractivity contribution in [2.45, 2.75) is 58.7 Å². The SMILES string of the molecule is CC1CN(CCCOc2ccc(C(C)(C)C)cc2)CC(C)O1. The minimum atomic E-state index is 0.197. The molecule has 1 aliphatic rings. The molecule has 124 valence electrons. The largest absolute Gasteiger partial charge is 0.494 e. The van der Waals surface area contributed by atoms with Crippen LogP contribution >= 0.6 is 0 Å². The molecule has 1 heterocycles. The molecule has 0 radical (unpaired) electrons. The maximum atomic E-state index is 5.86. The molecule has 1 fully saturated rings. The first-order valence-corrected chi connectivity index (χ1v) is 8.46. The van der Waals surface area contributed by atoms with Crippen LogP contribution in [0.4, 0.5) is 0 Å². The van der Waals surface area contributed by atoms with Crippen LogP contribution in [0.25, 0.3) is 0 Å². The predicted molar refractivity (Wildman–Crippen MR) is 91.7 cm³/mol. The standard InChI is InChI=1S/C19H31NO2/c1-15-13-20(14-16(2)22-15)11-6-12-21-18-9-7-17(8-10-18)19(3,4)5/h7-10,15-16H,6,11-14H2,1-5H3. The van der Waals surface area contributed by atoms with Crippen LogP contribution < -0.4 is 4.74 Å². The van der Waals surface area contributed by atoms with Gasteiger partial charge in [0.1, 0.15) is 5.75 Å². The van der Waals surface area contributed by atoms with E-state index in [1.807, 2.05) is 0 Å². The zero-order valence-electron chi connectivity index (χ0n) is 14.8. The molecule has 0 aromatic heterocycles. The average Bonchev–Trinajstić information content (AvgIpc) is 2.42. The Morgan fingerprint density at radius 2 is 1.68 bits per heavy atom. The van der Waals surface area contributed by atoms with E-state index < -0.39 is 0 Å². The van der Waals surface area contributed by atoms with E-state index in [-0.39, 0.29) is 5.41 Å². The van der Waals surface area contributed by atoms with Crippen molar-refractivity contribution in [3.8, 4) is 5.75 Å². The molecule has 3 nitrogen and oxygen atoms in total. The maximum Gasteiger partial charge on any atom is 0.119 e. The quantitative estimate of drug-likeness (QED) is 0.771. The first-order valence-electron chi connectivity index (χ1n) is 8.46. The summed E-state index contributed by atoms with van der Waals surface area (Å²) in [5.41, 5.74) is 1.54. The molecule has 2 rings (SSSR count). The number of morpholine rings is 1. The highest BCUT2D eigenvalue weighted by Crippen LogP contribution is 2.24. The van der Waals surface area contributed by atoms with Crippen LogP contribution in [0.5, 0.6) is 5.75 Å². The molecule has 0 bridgehead atoms. The third-order valence-electron chi connectivity index (χ3n) is 4.10. The van der Waals surface area contributed by atoms with E-state index in [9.17, 15) is 0 Å². The normalized spacial score (nSPS) is 23.5. The average molecular weight is 305 g/mol. The van der Waals surface area contributed by atoms with Gasteiger partial charge < -0.3 is 9.47 Å². The van der Waals surface area contributed by atoms with Gasteiger partial charge in [-0.05, 0) is 43.4 Å². The molecule has 3 heteroatoms. The van der Waals surface area contributed by atoms with Gasteiger partial charge in [-0.3, -0.25) is 4.90 Å². The number of ether oxygens (including phenoxy) is 2. The summed E-state index contributed by atoms with van der Waals surface area (Å²) in [5, 5.41) is 0. The Morgan fingerprint density at radius 1 is 1.09 bits per heavy atom. The molecule has 1 aromatic carbocycles. The summed E-state index contributed by atoms with van der Waals surface area (Å²) in [5.74, 6) is 0.969. The van der Waals surface area contributed by atoms with Gasteiger partial charge in [-0.2, -0.15) is 0 Å². The van der Waals surface area contributed by atoms with E-state index >= 15 is 0 Å². The number of rotatable bonds is 5. The molecule has 0 saturated carbocycles. The summed E-state index contributed by atoms with van der Waals surface area (Å²) >= 11 is 0. The van der Waals surface area contributed by atoms with E-state index in [1.165, 1.54) is 5.56 Å². The molecule has 0 amide bonds. The van der Waals surface area contributed by atoms with Gasteiger partial charge >= 0.3 is 0 Å². The second-order valence-electron chi connectivity index (χ2n) is 7.49. The van der Waals surface area contributed by atoms with Crippen LogP contribution in [0.15, 0.2) is 24.3 Å². The molecule has 0 spiro atoms. The van der Waals surface area contributed by atoms with Crippen molar-refractivity contribution in [3.63, 3.8) is 0 Å². The lowest BCUT2D eigenvalue weighted by Gasteiger charge is -2.35. The van der Waals surface area contributed by atoms with Crippen LogP contribution in [-0.2, 0) is 10.2 Å². The van der Waals surface area contributed by atoms with Gasteiger partial charge in [0.25, 0.3) is 0 Å². The molecule has 1 aromatic rings. The monoisotopic (exact) mass is 305 g/mol. The molecule has 0 N–H and O–H groups in total. The summed E-state index contributed by atoms with van der Waals surface area (Å²) < 4.78 is 11.6. The van der Waals surface area contributed by atoms with Crippen molar-refractivity contribution in [2.24, 2.45) is 0 Å². The number of hydrogen-bond donors (Lipinski definition) is 0. The van der Waals surface area contributed by atoms with Crippen LogP contribution in [0.1, 0.15) is 46.6 Å². The summed E-state index contributed by atoms with van der Waals surface area (Å²) in [6, 6.07) is 8.50. The number of hydrogen-bond acceptors (Lipinski definition) is 3. The van der Waals surface area contributed by atoms with Crippen molar-refractivity contribution in [1.82, 2.24) is 4.90 Å². The van der Waals surface area contributed by atoms with Crippen molar-refractivity contribution < 1.29 is 9.47 Å². The van der Waals surface area contributed by atoms with Crippen LogP contribution in [0.2, 0.25) is 0 Å². The second-order valence-corrected chi connectivity index (χ2v) is 7.49. The molecule has 2 unspecified atom stereocenters. The van der Waals surface area contributed by atoms with Crippen LogP contribution in [-0.4, -0.2) is 43.3 Å². The van der Waals surface area contributed by atoms with Gasteiger partial charge in [-0.1, -0.05) is 32.9 Å². The van der Waals surface area contributed by atoms with E-state index in [0.29, 0.717) is 12.2 Å². The van der Waals surface area contributed by atoms with E-state index in [2.05, 4.69) is 63.8 Å². The number of nitrogens with zero attached hydrogens (tertiary/aromatic N) is 1. The minimum absolute atomic E-state index is 0.197. The highest BCUT2D eigenvalue weighted by Gasteiger charge is 2.21. The van der Waals surface area contributed by atoms with E-state index in [0.717, 1.165) is 38.4 Å². The molecule has 1 saturated heterocycles. The lowest BCUT2D eigenvalue weighted by atomic mass is 9.87. The molecule has 0 aliphatic carbocycles. The zero-order valence-corrected chi connectivity index (χ0v) is 14.8. The van der Waals surface area contributed by atoms with Gasteiger partial charge in [0.05, 0.1) is 18.8 Å². The maximum absolute atomic E-state index is 5.86. The molecular formula is C19H31NO2. The van der Waals surface area contributed by atoms with E-state index in [4.69, 9.17) is 9.47 Å². The Balaban J connectivity index is 1.70. The summed E-state index contributed by atoms with van der Waals surface area (Å²) in [4.78, 5) is 2.48. The van der Waals surface area contributed by atoms with Gasteiger partial charge in [0.15, 0.2) is 0 Å². The lowest BCUT2D eigenvalue weighted by Crippen LogP contribution is -2.45. The highest BCUT2D eigenvalue weighted by molar-refractivity contribution is 5.31. The van der Waals surface area contributed by atoms with Crippen LogP contribution in [0, 0.1) is 0 Å². The summed E-state index contributed by atoms with van der Waals surface area (Å²) in [7, 11) is 0. The fraction of sp³-hybridized carbons (Fsp3) is 0.684. The molecule has 22 heavy (non-hydrogen) atoms. The van der Waals surface area contributed by atoms with Gasteiger partial charge in [0, 0.05) is 19.6 Å².